The maximum atomic E-state index is 11.3. The van der Waals surface area contributed by atoms with E-state index in [2.05, 4.69) is 27.3 Å². The topological polar surface area (TPSA) is 68.5 Å². The summed E-state index contributed by atoms with van der Waals surface area (Å²) in [5.41, 5.74) is 0. The predicted molar refractivity (Wildman–Crippen MR) is 102 cm³/mol. The van der Waals surface area contributed by atoms with Crippen LogP contribution in [0.25, 0.3) is 0 Å². The number of nitrogens with zero attached hydrogens (tertiary/aromatic N) is 4. The van der Waals surface area contributed by atoms with E-state index in [0.29, 0.717) is 11.7 Å². The van der Waals surface area contributed by atoms with Crippen molar-refractivity contribution in [2.24, 2.45) is 9.98 Å². The van der Waals surface area contributed by atoms with Crippen LogP contribution in [0.4, 0.5) is 4.79 Å². The zero-order valence-electron chi connectivity index (χ0n) is 16.7. The van der Waals surface area contributed by atoms with E-state index in [1.807, 2.05) is 13.8 Å². The van der Waals surface area contributed by atoms with Gasteiger partial charge in [-0.3, -0.25) is 19.8 Å². The van der Waals surface area contributed by atoms with Crippen molar-refractivity contribution in [3.05, 3.63) is 7.43 Å². The van der Waals surface area contributed by atoms with E-state index in [1.165, 1.54) is 9.80 Å². The van der Waals surface area contributed by atoms with Crippen LogP contribution in [-0.2, 0) is 16.5 Å². The van der Waals surface area contributed by atoms with Crippen LogP contribution in [0.5, 0.6) is 0 Å². The van der Waals surface area contributed by atoms with Gasteiger partial charge in [0.25, 0.3) is 14.1 Å². The molecule has 8 heteroatoms. The van der Waals surface area contributed by atoms with Crippen LogP contribution >= 0.6 is 0 Å². The Hall–Kier alpha value is -0.404. The van der Waals surface area contributed by atoms with Gasteiger partial charge in [-0.1, -0.05) is 13.8 Å². The largest absolute Gasteiger partial charge is 0.397 e. The summed E-state index contributed by atoms with van der Waals surface area (Å²) in [5, 5.41) is 7.57. The molecule has 1 N–H and O–H groups in total. The molecule has 23 heavy (non-hydrogen) atoms. The maximum Gasteiger partial charge on any atom is 0.330 e. The number of aliphatic hydroxyl groups excluding tert-OH is 1. The van der Waals surface area contributed by atoms with Gasteiger partial charge < -0.3 is 12.5 Å². The molecular formula is C15H36AlN4NiO2-. The molecule has 0 bridgehead atoms. The molecular weight excluding hydrogens is 354 g/mol. The molecule has 1 fully saturated rings. The van der Waals surface area contributed by atoms with E-state index in [9.17, 15) is 4.79 Å². The fourth-order valence-corrected chi connectivity index (χ4v) is 1.21. The summed E-state index contributed by atoms with van der Waals surface area (Å²) in [7, 11) is 6.64. The molecule has 0 aromatic rings. The zero-order valence-corrected chi connectivity index (χ0v) is 18.9. The van der Waals surface area contributed by atoms with E-state index in [0.717, 1.165) is 0 Å². The van der Waals surface area contributed by atoms with E-state index >= 15 is 0 Å². The number of carbonyl (C=O) groups is 1. The molecule has 1 aliphatic rings. The Kier molecular flexibility index (Phi) is 32.0. The average Bonchev–Trinajstić information content (AvgIpc) is 2.64. The quantitative estimate of drug-likeness (QED) is 0.511. The molecule has 142 valence electrons. The zero-order chi connectivity index (χ0) is 17.6. The summed E-state index contributed by atoms with van der Waals surface area (Å²) in [5.74, 6) is 8.15. The van der Waals surface area contributed by atoms with Crippen molar-refractivity contribution in [2.75, 3.05) is 34.8 Å². The molecule has 0 aliphatic carbocycles. The number of amidine groups is 2. The van der Waals surface area contributed by atoms with Crippen LogP contribution in [0.15, 0.2) is 9.98 Å². The first kappa shape index (κ1) is 34.0. The van der Waals surface area contributed by atoms with E-state index in [1.54, 1.807) is 35.1 Å². The average molecular weight is 390 g/mol. The Morgan fingerprint density at radius 1 is 1.00 bits per heavy atom. The normalized spacial score (nSPS) is 15.2. The number of likely N-dealkylation sites (N-methyl/N-ethyl adjacent to an activating group) is 2. The van der Waals surface area contributed by atoms with Crippen molar-refractivity contribution in [3.8, 4) is 0 Å². The van der Waals surface area contributed by atoms with Crippen LogP contribution in [0.1, 0.15) is 20.8 Å². The minimum absolute atomic E-state index is 0. The van der Waals surface area contributed by atoms with Crippen LogP contribution in [0, 0.1) is 7.43 Å². The first-order chi connectivity index (χ1) is 9.78. The molecule has 0 aromatic heterocycles. The summed E-state index contributed by atoms with van der Waals surface area (Å²) in [6, 6.07) is -0.101. The van der Waals surface area contributed by atoms with Gasteiger partial charge in [-0.2, -0.15) is 0 Å². The van der Waals surface area contributed by atoms with Gasteiger partial charge in [0.15, 0.2) is 11.7 Å². The second-order valence-electron chi connectivity index (χ2n) is 4.54. The Labute approximate surface area is 158 Å². The standard InChI is InChI=1S/C7H12N4O.C2H6O.C2H6.4CH3.Al.Ni/c1-8-5-6(9-2)11(4)7(12)10(5)3;1-2-3;1-2;;;;;;/h1-4H3;3H,2H2,1H3;1-2H3;4*1H3;;/q;;;;;;-1;;. The first-order valence-electron chi connectivity index (χ1n) is 7.34. The molecule has 0 saturated carbocycles. The van der Waals surface area contributed by atoms with E-state index in [4.69, 9.17) is 5.11 Å². The fraction of sp³-hybridized carbons (Fsp3) is 0.733. The van der Waals surface area contributed by atoms with Crippen LogP contribution in [0.3, 0.4) is 0 Å². The van der Waals surface area contributed by atoms with Crippen molar-refractivity contribution >= 4 is 31.9 Å². The predicted octanol–water partition coefficient (Wildman–Crippen LogP) is 2.88. The van der Waals surface area contributed by atoms with Gasteiger partial charge >= 0.3 is 6.03 Å². The molecule has 1 rings (SSSR count). The van der Waals surface area contributed by atoms with E-state index in [-0.39, 0.29) is 50.7 Å². The van der Waals surface area contributed by atoms with Crippen molar-refractivity contribution in [1.29, 1.82) is 0 Å². The van der Waals surface area contributed by atoms with Crippen LogP contribution in [0.2, 0.25) is 17.4 Å². The van der Waals surface area contributed by atoms with Crippen LogP contribution < -0.4 is 0 Å². The smallest absolute Gasteiger partial charge is 0.330 e. The summed E-state index contributed by atoms with van der Waals surface area (Å²) >= 11 is -0.139. The molecule has 1 saturated heterocycles. The molecule has 2 amide bonds. The second kappa shape index (κ2) is 21.6. The van der Waals surface area contributed by atoms with Gasteiger partial charge in [-0.05, 0) is 6.92 Å². The number of hydrogen-bond acceptors (Lipinski definition) is 4. The monoisotopic (exact) mass is 389 g/mol. The third-order valence-electron chi connectivity index (χ3n) is 1.83. The fourth-order valence-electron chi connectivity index (χ4n) is 1.21. The molecule has 0 atom stereocenters. The summed E-state index contributed by atoms with van der Waals surface area (Å²) < 4.78 is 0. The first-order valence-corrected chi connectivity index (χ1v) is 10.8. The molecule has 0 radical (unpaired) electrons. The van der Waals surface area contributed by atoms with Gasteiger partial charge in [0, 0.05) is 51.3 Å². The third-order valence-corrected chi connectivity index (χ3v) is 1.83. The molecule has 1 aliphatic heterocycles. The van der Waals surface area contributed by atoms with Crippen LogP contribution in [-0.4, -0.2) is 81.6 Å². The van der Waals surface area contributed by atoms with Gasteiger partial charge in [-0.25, -0.2) is 4.79 Å². The van der Waals surface area contributed by atoms with Crippen molar-refractivity contribution < 1.29 is 26.4 Å². The Morgan fingerprint density at radius 2 is 1.17 bits per heavy atom. The Bertz CT molecular complexity index is 309. The minimum Gasteiger partial charge on any atom is -0.397 e. The summed E-state index contributed by atoms with van der Waals surface area (Å²) in [6.45, 7) is 5.93. The Balaban J connectivity index is -0.0000000838. The van der Waals surface area contributed by atoms with Crippen molar-refractivity contribution in [2.45, 2.75) is 38.1 Å². The third kappa shape index (κ3) is 14.9. The number of aliphatic hydroxyl groups is 1. The SMILES string of the molecule is CC.CCO.CN=C1C(=NC)N(C)C(=O)N1C.[CH3-].[CH3][Al]([CH3])[CH3].[Ni]. The maximum absolute atomic E-state index is 11.3. The number of hydrogen-bond donors (Lipinski definition) is 1. The molecule has 1 heterocycles. The van der Waals surface area contributed by atoms with Crippen molar-refractivity contribution in [3.63, 3.8) is 0 Å². The minimum atomic E-state index is -0.139. The summed E-state index contributed by atoms with van der Waals surface area (Å²) in [4.78, 5) is 22.2. The Morgan fingerprint density at radius 3 is 1.30 bits per heavy atom. The van der Waals surface area contributed by atoms with Gasteiger partial charge in [0.05, 0.1) is 0 Å². The molecule has 0 spiro atoms. The molecule has 6 nitrogen and oxygen atoms in total. The second-order valence-corrected chi connectivity index (χ2v) is 8.01. The number of aliphatic imine (C=N–C) groups is 2. The van der Waals surface area contributed by atoms with E-state index < -0.39 is 0 Å². The molecule has 0 unspecified atom stereocenters. The number of urea groups is 1. The molecule has 0 aromatic carbocycles. The van der Waals surface area contributed by atoms with Gasteiger partial charge in [0.2, 0.25) is 0 Å². The summed E-state index contributed by atoms with van der Waals surface area (Å²) in [6.07, 6.45) is 0. The number of amides is 2. The number of carbonyl (C=O) groups excluding carboxylic acids is 1. The van der Waals surface area contributed by atoms with Gasteiger partial charge in [-0.15, -0.1) is 17.4 Å². The van der Waals surface area contributed by atoms with Crippen molar-refractivity contribution in [1.82, 2.24) is 9.80 Å². The van der Waals surface area contributed by atoms with Gasteiger partial charge in [0.1, 0.15) is 0 Å². The number of rotatable bonds is 0.